The van der Waals surface area contributed by atoms with Crippen LogP contribution < -0.4 is 0 Å². The number of rotatable bonds is 3. The van der Waals surface area contributed by atoms with Gasteiger partial charge in [-0.1, -0.05) is 17.7 Å². The molecule has 3 aliphatic heterocycles. The Bertz CT molecular complexity index is 1180. The lowest BCUT2D eigenvalue weighted by Crippen LogP contribution is -2.40. The summed E-state index contributed by atoms with van der Waals surface area (Å²) in [5, 5.41) is 0. The molecule has 0 unspecified atom stereocenters. The van der Waals surface area contributed by atoms with Gasteiger partial charge < -0.3 is 9.80 Å². The molecule has 0 N–H and O–H groups in total. The Hall–Kier alpha value is -2.50. The van der Waals surface area contributed by atoms with Gasteiger partial charge in [-0.2, -0.15) is 4.31 Å². The van der Waals surface area contributed by atoms with Crippen molar-refractivity contribution in [2.24, 2.45) is 4.40 Å². The van der Waals surface area contributed by atoms with Crippen molar-refractivity contribution in [1.82, 2.24) is 14.1 Å². The highest BCUT2D eigenvalue weighted by molar-refractivity contribution is 7.90. The van der Waals surface area contributed by atoms with Crippen molar-refractivity contribution in [3.05, 3.63) is 53.8 Å². The van der Waals surface area contributed by atoms with E-state index in [1.54, 1.807) is 46.3 Å². The molecule has 0 radical (unpaired) electrons. The highest BCUT2D eigenvalue weighted by atomic mass is 32.2. The molecule has 3 aliphatic rings. The maximum absolute atomic E-state index is 13.0. The normalized spacial score (nSPS) is 21.7. The molecule has 3 heterocycles. The molecule has 0 aromatic heterocycles. The minimum atomic E-state index is -3.62. The molecule has 4 rings (SSSR count). The zero-order chi connectivity index (χ0) is 22.2. The summed E-state index contributed by atoms with van der Waals surface area (Å²) < 4.78 is 54.4. The van der Waals surface area contributed by atoms with Gasteiger partial charge >= 0.3 is 0 Å². The van der Waals surface area contributed by atoms with Crippen LogP contribution in [-0.4, -0.2) is 81.2 Å². The van der Waals surface area contributed by atoms with Gasteiger partial charge in [0.05, 0.1) is 16.2 Å². The Labute approximate surface area is 182 Å². The summed E-state index contributed by atoms with van der Waals surface area (Å²) in [4.78, 5) is 16.6. The summed E-state index contributed by atoms with van der Waals surface area (Å²) in [7, 11) is -7.07. The third-order valence-corrected chi connectivity index (χ3v) is 8.55. The number of carbonyl (C=O) groups is 1. The SMILES string of the molecule is Cc1ccc(S(=O)(=O)N2CCCN(C(=O)C3=CN4CCS(=O)(=O)N=C4C=C3)CC2)cc1. The standard InChI is InChI=1S/C20H24N4O5S2/c1-16-3-6-18(7-4-16)31(28,29)24-10-2-9-22(11-12-24)20(25)17-5-8-19-21-30(26,27)14-13-23(19)15-17/h3-8,15H,2,9-14H2,1H3. The van der Waals surface area contributed by atoms with E-state index in [9.17, 15) is 21.6 Å². The molecular weight excluding hydrogens is 440 g/mol. The van der Waals surface area contributed by atoms with Gasteiger partial charge in [-0.3, -0.25) is 4.79 Å². The van der Waals surface area contributed by atoms with E-state index in [-0.39, 0.29) is 36.2 Å². The Morgan fingerprint density at radius 3 is 2.48 bits per heavy atom. The molecule has 31 heavy (non-hydrogen) atoms. The molecule has 0 saturated carbocycles. The first-order chi connectivity index (χ1) is 14.7. The summed E-state index contributed by atoms with van der Waals surface area (Å²) in [6.45, 7) is 3.43. The third kappa shape index (κ3) is 4.58. The van der Waals surface area contributed by atoms with E-state index in [0.29, 0.717) is 30.9 Å². The van der Waals surface area contributed by atoms with Crippen molar-refractivity contribution in [3.63, 3.8) is 0 Å². The number of nitrogens with zero attached hydrogens (tertiary/aromatic N) is 4. The molecule has 1 aromatic carbocycles. The third-order valence-electron chi connectivity index (χ3n) is 5.47. The number of fused-ring (bicyclic) bond motifs is 1. The van der Waals surface area contributed by atoms with Crippen molar-refractivity contribution in [2.75, 3.05) is 38.5 Å². The lowest BCUT2D eigenvalue weighted by atomic mass is 10.1. The van der Waals surface area contributed by atoms with Crippen LogP contribution in [-0.2, 0) is 24.8 Å². The van der Waals surface area contributed by atoms with Crippen LogP contribution in [0.1, 0.15) is 12.0 Å². The van der Waals surface area contributed by atoms with Crippen molar-refractivity contribution in [3.8, 4) is 0 Å². The number of benzene rings is 1. The Balaban J connectivity index is 1.46. The summed E-state index contributed by atoms with van der Waals surface area (Å²) >= 11 is 0. The van der Waals surface area contributed by atoms with Crippen LogP contribution >= 0.6 is 0 Å². The van der Waals surface area contributed by atoms with Crippen molar-refractivity contribution in [1.29, 1.82) is 0 Å². The fourth-order valence-electron chi connectivity index (χ4n) is 3.71. The summed E-state index contributed by atoms with van der Waals surface area (Å²) in [5.74, 6) is -0.00921. The van der Waals surface area contributed by atoms with Gasteiger partial charge in [0.25, 0.3) is 15.9 Å². The second-order valence-electron chi connectivity index (χ2n) is 7.71. The van der Waals surface area contributed by atoms with E-state index in [2.05, 4.69) is 4.40 Å². The van der Waals surface area contributed by atoms with Crippen LogP contribution in [0, 0.1) is 6.92 Å². The molecule has 0 aliphatic carbocycles. The smallest absolute Gasteiger partial charge is 0.256 e. The number of amides is 1. The molecule has 9 nitrogen and oxygen atoms in total. The quantitative estimate of drug-likeness (QED) is 0.652. The minimum absolute atomic E-state index is 0.0994. The first-order valence-electron chi connectivity index (χ1n) is 10.0. The van der Waals surface area contributed by atoms with Gasteiger partial charge in [-0.05, 0) is 37.6 Å². The lowest BCUT2D eigenvalue weighted by Gasteiger charge is -2.28. The number of aryl methyl sites for hydroxylation is 1. The molecule has 0 bridgehead atoms. The molecule has 1 fully saturated rings. The second-order valence-corrected chi connectivity index (χ2v) is 11.4. The minimum Gasteiger partial charge on any atom is -0.337 e. The predicted octanol–water partition coefficient (Wildman–Crippen LogP) is 0.716. The van der Waals surface area contributed by atoms with Gasteiger partial charge in [0.1, 0.15) is 5.84 Å². The summed E-state index contributed by atoms with van der Waals surface area (Å²) in [5.41, 5.74) is 1.41. The number of amidine groups is 1. The number of hydrogen-bond acceptors (Lipinski definition) is 6. The molecule has 1 saturated heterocycles. The maximum atomic E-state index is 13.0. The molecule has 1 amide bonds. The van der Waals surface area contributed by atoms with Crippen LogP contribution in [0.2, 0.25) is 0 Å². The second kappa shape index (κ2) is 8.21. The highest BCUT2D eigenvalue weighted by Crippen LogP contribution is 2.21. The van der Waals surface area contributed by atoms with Gasteiger partial charge in [0.2, 0.25) is 10.0 Å². The zero-order valence-corrected chi connectivity index (χ0v) is 18.8. The van der Waals surface area contributed by atoms with E-state index >= 15 is 0 Å². The molecule has 166 valence electrons. The zero-order valence-electron chi connectivity index (χ0n) is 17.1. The maximum Gasteiger partial charge on any atom is 0.256 e. The Kier molecular flexibility index (Phi) is 5.75. The van der Waals surface area contributed by atoms with Crippen LogP contribution in [0.5, 0.6) is 0 Å². The van der Waals surface area contributed by atoms with Gasteiger partial charge in [0.15, 0.2) is 0 Å². The average Bonchev–Trinajstić information content (AvgIpc) is 2.99. The van der Waals surface area contributed by atoms with Crippen LogP contribution in [0.4, 0.5) is 0 Å². The van der Waals surface area contributed by atoms with Gasteiger partial charge in [0, 0.05) is 38.9 Å². The lowest BCUT2D eigenvalue weighted by molar-refractivity contribution is -0.126. The van der Waals surface area contributed by atoms with Crippen LogP contribution in [0.15, 0.2) is 57.5 Å². The van der Waals surface area contributed by atoms with E-state index in [0.717, 1.165) is 5.56 Å². The molecule has 11 heteroatoms. The first kappa shape index (κ1) is 21.7. The monoisotopic (exact) mass is 464 g/mol. The highest BCUT2D eigenvalue weighted by Gasteiger charge is 2.30. The number of carbonyl (C=O) groups excluding carboxylic acids is 1. The van der Waals surface area contributed by atoms with Crippen molar-refractivity contribution >= 4 is 31.8 Å². The molecular formula is C20H24N4O5S2. The van der Waals surface area contributed by atoms with Crippen LogP contribution in [0.25, 0.3) is 0 Å². The van der Waals surface area contributed by atoms with E-state index < -0.39 is 20.0 Å². The van der Waals surface area contributed by atoms with Crippen LogP contribution in [0.3, 0.4) is 0 Å². The van der Waals surface area contributed by atoms with E-state index in [1.165, 1.54) is 10.4 Å². The first-order valence-corrected chi connectivity index (χ1v) is 13.1. The molecule has 0 spiro atoms. The average molecular weight is 465 g/mol. The van der Waals surface area contributed by atoms with E-state index in [4.69, 9.17) is 0 Å². The van der Waals surface area contributed by atoms with Gasteiger partial charge in [-0.25, -0.2) is 16.8 Å². The Morgan fingerprint density at radius 1 is 1.00 bits per heavy atom. The van der Waals surface area contributed by atoms with Gasteiger partial charge in [-0.15, -0.1) is 4.40 Å². The summed E-state index contributed by atoms with van der Waals surface area (Å²) in [6, 6.07) is 6.75. The van der Waals surface area contributed by atoms with E-state index in [1.807, 2.05) is 6.92 Å². The fraction of sp³-hybridized carbons (Fsp3) is 0.400. The fourth-order valence-corrected chi connectivity index (χ4v) is 6.15. The van der Waals surface area contributed by atoms with Crippen molar-refractivity contribution < 1.29 is 21.6 Å². The topological polar surface area (TPSA) is 107 Å². The molecule has 1 aromatic rings. The summed E-state index contributed by atoms with van der Waals surface area (Å²) in [6.07, 6.45) is 5.23. The molecule has 0 atom stereocenters. The number of hydrogen-bond donors (Lipinski definition) is 0. The largest absolute Gasteiger partial charge is 0.337 e. The predicted molar refractivity (Wildman–Crippen MR) is 116 cm³/mol. The Morgan fingerprint density at radius 2 is 1.74 bits per heavy atom. The number of sulfonamides is 2. The van der Waals surface area contributed by atoms with Crippen molar-refractivity contribution in [2.45, 2.75) is 18.2 Å².